The molecule has 0 saturated carbocycles. The van der Waals surface area contributed by atoms with Gasteiger partial charge in [0, 0.05) is 14.9 Å². The molecule has 0 radical (unpaired) electrons. The van der Waals surface area contributed by atoms with Crippen molar-refractivity contribution in [3.63, 3.8) is 0 Å². The van der Waals surface area contributed by atoms with E-state index < -0.39 is 0 Å². The van der Waals surface area contributed by atoms with Crippen LogP contribution in [0.5, 0.6) is 11.5 Å². The maximum atomic E-state index is 10.1. The van der Waals surface area contributed by atoms with E-state index in [4.69, 9.17) is 10.5 Å². The number of nitrogens with two attached hydrogens (primary N) is 1. The first kappa shape index (κ1) is 15.3. The highest BCUT2D eigenvalue weighted by atomic mass is 79.9. The number of hydrogen-bond acceptors (Lipinski definition) is 4. The van der Waals surface area contributed by atoms with E-state index in [1.54, 1.807) is 17.4 Å². The monoisotopic (exact) mass is 349 g/mol. The van der Waals surface area contributed by atoms with Gasteiger partial charge in [-0.1, -0.05) is 22.0 Å². The van der Waals surface area contributed by atoms with Crippen molar-refractivity contribution in [1.29, 1.82) is 0 Å². The molecule has 1 aromatic carbocycles. The van der Waals surface area contributed by atoms with Gasteiger partial charge in [0.15, 0.2) is 11.5 Å². The number of ether oxygens (including phenoxy) is 1. The largest absolute Gasteiger partial charge is 0.504 e. The van der Waals surface area contributed by atoms with Crippen molar-refractivity contribution in [1.82, 2.24) is 0 Å². The summed E-state index contributed by atoms with van der Waals surface area (Å²) in [6.45, 7) is 0. The molecule has 18 heavy (non-hydrogen) atoms. The molecule has 2 rings (SSSR count). The van der Waals surface area contributed by atoms with E-state index in [0.717, 1.165) is 9.35 Å². The molecule has 3 N–H and O–H groups in total. The zero-order chi connectivity index (χ0) is 12.4. The molecule has 1 atom stereocenters. The van der Waals surface area contributed by atoms with E-state index in [-0.39, 0.29) is 24.2 Å². The summed E-state index contributed by atoms with van der Waals surface area (Å²) in [6, 6.07) is 7.05. The van der Waals surface area contributed by atoms with Crippen molar-refractivity contribution in [2.75, 3.05) is 7.11 Å². The maximum absolute atomic E-state index is 10.1. The predicted octanol–water partition coefficient (Wildman–Crippen LogP) is 3.69. The van der Waals surface area contributed by atoms with Crippen molar-refractivity contribution in [3.05, 3.63) is 44.6 Å². The van der Waals surface area contributed by atoms with Crippen LogP contribution in [0.1, 0.15) is 16.5 Å². The second-order valence-corrected chi connectivity index (χ2v) is 5.43. The van der Waals surface area contributed by atoms with Crippen LogP contribution in [0.3, 0.4) is 0 Å². The lowest BCUT2D eigenvalue weighted by molar-refractivity contribution is 0.369. The van der Waals surface area contributed by atoms with Crippen LogP contribution in [0.15, 0.2) is 34.1 Å². The average Bonchev–Trinajstić information content (AvgIpc) is 2.84. The predicted molar refractivity (Wildman–Crippen MR) is 80.0 cm³/mol. The van der Waals surface area contributed by atoms with Crippen molar-refractivity contribution in [2.24, 2.45) is 5.73 Å². The summed E-state index contributed by atoms with van der Waals surface area (Å²) in [6.07, 6.45) is 0. The molecule has 3 nitrogen and oxygen atoms in total. The molecular weight excluding hydrogens is 338 g/mol. The quantitative estimate of drug-likeness (QED) is 0.887. The number of hydrogen-bond donors (Lipinski definition) is 2. The molecule has 98 valence electrons. The van der Waals surface area contributed by atoms with E-state index in [1.807, 2.05) is 23.6 Å². The average molecular weight is 351 g/mol. The Balaban J connectivity index is 0.00000162. The van der Waals surface area contributed by atoms with Crippen LogP contribution in [-0.4, -0.2) is 12.2 Å². The Morgan fingerprint density at radius 3 is 2.72 bits per heavy atom. The van der Waals surface area contributed by atoms with E-state index in [9.17, 15) is 5.11 Å². The molecule has 2 aromatic rings. The standard InChI is InChI=1S/C12H12BrNO2S.ClH/c1-16-9-6-7(13)5-8(12(9)15)11(14)10-3-2-4-17-10;/h2-6,11,15H,14H2,1H3;1H/t11-;/m1./s1. The second-order valence-electron chi connectivity index (χ2n) is 3.54. The van der Waals surface area contributed by atoms with Crippen LogP contribution in [-0.2, 0) is 0 Å². The molecule has 6 heteroatoms. The molecule has 0 unspecified atom stereocenters. The molecule has 0 aliphatic rings. The number of thiophene rings is 1. The van der Waals surface area contributed by atoms with Gasteiger partial charge in [-0.25, -0.2) is 0 Å². The molecule has 0 spiro atoms. The SMILES string of the molecule is COc1cc(Br)cc([C@@H](N)c2cccs2)c1O.Cl. The van der Waals surface area contributed by atoms with E-state index in [1.165, 1.54) is 7.11 Å². The van der Waals surface area contributed by atoms with Crippen molar-refractivity contribution in [2.45, 2.75) is 6.04 Å². The van der Waals surface area contributed by atoms with Gasteiger partial charge in [0.05, 0.1) is 13.2 Å². The molecule has 0 bridgehead atoms. The van der Waals surface area contributed by atoms with Crippen molar-refractivity contribution >= 4 is 39.7 Å². The van der Waals surface area contributed by atoms with Gasteiger partial charge in [0.2, 0.25) is 0 Å². The smallest absolute Gasteiger partial charge is 0.162 e. The zero-order valence-electron chi connectivity index (χ0n) is 9.59. The van der Waals surface area contributed by atoms with Crippen LogP contribution >= 0.6 is 39.7 Å². The number of aromatic hydroxyl groups is 1. The lowest BCUT2D eigenvalue weighted by Gasteiger charge is -2.15. The second kappa shape index (κ2) is 6.43. The Morgan fingerprint density at radius 1 is 1.44 bits per heavy atom. The first-order chi connectivity index (χ1) is 8.13. The van der Waals surface area contributed by atoms with Crippen LogP contribution in [0.4, 0.5) is 0 Å². The molecule has 0 aliphatic carbocycles. The first-order valence-electron chi connectivity index (χ1n) is 4.99. The summed E-state index contributed by atoms with van der Waals surface area (Å²) in [5.41, 5.74) is 6.78. The van der Waals surface area contributed by atoms with Crippen molar-refractivity contribution < 1.29 is 9.84 Å². The molecular formula is C12H13BrClNO2S. The summed E-state index contributed by atoms with van der Waals surface area (Å²) in [4.78, 5) is 1.00. The lowest BCUT2D eigenvalue weighted by Crippen LogP contribution is -2.10. The van der Waals surface area contributed by atoms with Crippen LogP contribution in [0.25, 0.3) is 0 Å². The van der Waals surface area contributed by atoms with Gasteiger partial charge in [-0.15, -0.1) is 23.7 Å². The minimum atomic E-state index is -0.346. The third-order valence-corrected chi connectivity index (χ3v) is 3.89. The fourth-order valence-electron chi connectivity index (χ4n) is 1.61. The number of phenolic OH excluding ortho intramolecular Hbond substituents is 1. The lowest BCUT2D eigenvalue weighted by atomic mass is 10.0. The number of methoxy groups -OCH3 is 1. The summed E-state index contributed by atoms with van der Waals surface area (Å²) in [7, 11) is 1.52. The van der Waals surface area contributed by atoms with Gasteiger partial charge in [-0.3, -0.25) is 0 Å². The molecule has 0 fully saturated rings. The van der Waals surface area contributed by atoms with Gasteiger partial charge in [0.25, 0.3) is 0 Å². The summed E-state index contributed by atoms with van der Waals surface area (Å²) in [5, 5.41) is 12.0. The Bertz CT molecular complexity index is 519. The summed E-state index contributed by atoms with van der Waals surface area (Å²) < 4.78 is 5.93. The first-order valence-corrected chi connectivity index (χ1v) is 6.66. The Labute approximate surface area is 124 Å². The fraction of sp³-hybridized carbons (Fsp3) is 0.167. The molecule has 0 aliphatic heterocycles. The maximum Gasteiger partial charge on any atom is 0.162 e. The Hall–Kier alpha value is -0.750. The highest BCUT2D eigenvalue weighted by Crippen LogP contribution is 2.38. The van der Waals surface area contributed by atoms with Crippen LogP contribution in [0, 0.1) is 0 Å². The zero-order valence-corrected chi connectivity index (χ0v) is 12.8. The number of rotatable bonds is 3. The third kappa shape index (κ3) is 2.98. The summed E-state index contributed by atoms with van der Waals surface area (Å²) in [5.74, 6) is 0.512. The van der Waals surface area contributed by atoms with Gasteiger partial charge < -0.3 is 15.6 Å². The molecule has 0 saturated heterocycles. The van der Waals surface area contributed by atoms with E-state index >= 15 is 0 Å². The fourth-order valence-corrected chi connectivity index (χ4v) is 2.81. The molecule has 1 aromatic heterocycles. The third-order valence-electron chi connectivity index (χ3n) is 2.47. The molecule has 1 heterocycles. The van der Waals surface area contributed by atoms with E-state index in [0.29, 0.717) is 11.3 Å². The Morgan fingerprint density at radius 2 is 2.17 bits per heavy atom. The minimum absolute atomic E-state index is 0. The van der Waals surface area contributed by atoms with Gasteiger partial charge in [0.1, 0.15) is 0 Å². The molecule has 0 amide bonds. The number of phenols is 1. The highest BCUT2D eigenvalue weighted by molar-refractivity contribution is 9.10. The van der Waals surface area contributed by atoms with Gasteiger partial charge >= 0.3 is 0 Å². The topological polar surface area (TPSA) is 55.5 Å². The van der Waals surface area contributed by atoms with Crippen molar-refractivity contribution in [3.8, 4) is 11.5 Å². The summed E-state index contributed by atoms with van der Waals surface area (Å²) >= 11 is 4.94. The van der Waals surface area contributed by atoms with E-state index in [2.05, 4.69) is 15.9 Å². The highest BCUT2D eigenvalue weighted by Gasteiger charge is 2.18. The number of benzene rings is 1. The van der Waals surface area contributed by atoms with Crippen LogP contribution in [0.2, 0.25) is 0 Å². The minimum Gasteiger partial charge on any atom is -0.504 e. The van der Waals surface area contributed by atoms with Gasteiger partial charge in [-0.05, 0) is 23.6 Å². The normalized spacial score (nSPS) is 11.7. The number of halogens is 2. The van der Waals surface area contributed by atoms with Gasteiger partial charge in [-0.2, -0.15) is 0 Å². The van der Waals surface area contributed by atoms with Crippen LogP contribution < -0.4 is 10.5 Å². The Kier molecular flexibility index (Phi) is 5.47.